The summed E-state index contributed by atoms with van der Waals surface area (Å²) in [6, 6.07) is 1.96. The number of hydrazone groups is 1. The molecule has 0 spiro atoms. The van der Waals surface area contributed by atoms with Gasteiger partial charge in [0.25, 0.3) is 5.91 Å². The first kappa shape index (κ1) is 19.0. The second-order valence-electron chi connectivity index (χ2n) is 8.39. The topological polar surface area (TPSA) is 62.9 Å². The van der Waals surface area contributed by atoms with Gasteiger partial charge in [-0.15, -0.1) is 5.10 Å². The van der Waals surface area contributed by atoms with Gasteiger partial charge in [-0.2, -0.15) is 5.26 Å². The van der Waals surface area contributed by atoms with E-state index < -0.39 is 0 Å². The van der Waals surface area contributed by atoms with Crippen molar-refractivity contribution in [3.8, 4) is 6.07 Å². The molecule has 2 fully saturated rings. The van der Waals surface area contributed by atoms with Crippen LogP contribution in [0, 0.1) is 23.2 Å². The Hall–Kier alpha value is -1.77. The van der Waals surface area contributed by atoms with Crippen LogP contribution in [0.4, 0.5) is 0 Å². The van der Waals surface area contributed by atoms with Crippen molar-refractivity contribution in [1.82, 2.24) is 14.8 Å². The van der Waals surface area contributed by atoms with Gasteiger partial charge >= 0.3 is 0 Å². The highest BCUT2D eigenvalue weighted by molar-refractivity contribution is 6.00. The molecule has 2 aliphatic carbocycles. The van der Waals surface area contributed by atoms with Crippen molar-refractivity contribution in [2.45, 2.75) is 76.3 Å². The van der Waals surface area contributed by atoms with Crippen LogP contribution in [-0.2, 0) is 4.79 Å². The quantitative estimate of drug-likeness (QED) is 0.777. The van der Waals surface area contributed by atoms with Crippen molar-refractivity contribution in [2.75, 3.05) is 21.1 Å². The van der Waals surface area contributed by atoms with Gasteiger partial charge in [0.05, 0.1) is 6.07 Å². The van der Waals surface area contributed by atoms with Crippen LogP contribution < -0.4 is 0 Å². The highest BCUT2D eigenvalue weighted by atomic mass is 16.2. The molecular weight excluding hydrogens is 326 g/mol. The van der Waals surface area contributed by atoms with Gasteiger partial charge in [-0.3, -0.25) is 14.7 Å². The fourth-order valence-electron chi connectivity index (χ4n) is 4.97. The third kappa shape index (κ3) is 3.67. The van der Waals surface area contributed by atoms with Crippen molar-refractivity contribution in [3.63, 3.8) is 0 Å². The van der Waals surface area contributed by atoms with E-state index in [9.17, 15) is 10.1 Å². The van der Waals surface area contributed by atoms with Gasteiger partial charge in [-0.05, 0) is 37.5 Å². The molecule has 0 aromatic rings. The molecule has 0 saturated heterocycles. The maximum atomic E-state index is 13.3. The van der Waals surface area contributed by atoms with Crippen LogP contribution in [0.3, 0.4) is 0 Å². The number of hydrogen-bond acceptors (Lipinski definition) is 5. The molecule has 1 heterocycles. The van der Waals surface area contributed by atoms with E-state index in [-0.39, 0.29) is 18.0 Å². The molecule has 3 aliphatic rings. The largest absolute Gasteiger partial charge is 0.347 e. The monoisotopic (exact) mass is 359 g/mol. The Bertz CT molecular complexity index is 569. The van der Waals surface area contributed by atoms with E-state index in [1.54, 1.807) is 4.90 Å². The highest BCUT2D eigenvalue weighted by Gasteiger charge is 2.45. The minimum atomic E-state index is -0.296. The van der Waals surface area contributed by atoms with Crippen LogP contribution in [0.1, 0.15) is 64.2 Å². The molecule has 1 aliphatic heterocycles. The normalized spacial score (nSPS) is 27.1. The molecule has 2 unspecified atom stereocenters. The van der Waals surface area contributed by atoms with Gasteiger partial charge in [0.1, 0.15) is 12.1 Å². The average Bonchev–Trinajstić information content (AvgIpc) is 2.66. The molecule has 26 heavy (non-hydrogen) atoms. The standard InChI is InChI=1S/C20H33N5O/c1-23(2)20-22-25(17(14-21)15-10-6-4-7-11-15)18(19(26)24(20)3)16-12-8-5-9-13-16/h15-18H,4-13H2,1-3H3. The first-order valence-electron chi connectivity index (χ1n) is 10.3. The zero-order valence-electron chi connectivity index (χ0n) is 16.5. The number of nitriles is 1. The molecule has 6 heteroatoms. The Morgan fingerprint density at radius 3 is 2.19 bits per heavy atom. The minimum Gasteiger partial charge on any atom is -0.347 e. The molecule has 0 aromatic carbocycles. The Morgan fingerprint density at radius 1 is 1.08 bits per heavy atom. The summed E-state index contributed by atoms with van der Waals surface area (Å²) in [6.07, 6.45) is 11.5. The molecular formula is C20H33N5O. The lowest BCUT2D eigenvalue weighted by Gasteiger charge is -2.46. The zero-order valence-corrected chi connectivity index (χ0v) is 16.5. The minimum absolute atomic E-state index is 0.103. The van der Waals surface area contributed by atoms with E-state index in [0.717, 1.165) is 25.7 Å². The fourth-order valence-corrected chi connectivity index (χ4v) is 4.97. The summed E-state index contributed by atoms with van der Waals surface area (Å²) < 4.78 is 0. The number of hydrogen-bond donors (Lipinski definition) is 0. The molecule has 6 nitrogen and oxygen atoms in total. The summed E-state index contributed by atoms with van der Waals surface area (Å²) >= 11 is 0. The van der Waals surface area contributed by atoms with Gasteiger partial charge in [-0.1, -0.05) is 38.5 Å². The van der Waals surface area contributed by atoms with Gasteiger partial charge in [0, 0.05) is 21.1 Å². The first-order chi connectivity index (χ1) is 12.5. The van der Waals surface area contributed by atoms with E-state index in [1.165, 1.54) is 38.5 Å². The van der Waals surface area contributed by atoms with Crippen LogP contribution >= 0.6 is 0 Å². The summed E-state index contributed by atoms with van der Waals surface area (Å²) in [5, 5.41) is 16.8. The number of nitrogens with zero attached hydrogens (tertiary/aromatic N) is 5. The molecule has 2 atom stereocenters. The molecule has 3 rings (SSSR count). The smallest absolute Gasteiger partial charge is 0.253 e. The maximum Gasteiger partial charge on any atom is 0.253 e. The second-order valence-corrected chi connectivity index (χ2v) is 8.39. The molecule has 144 valence electrons. The molecule has 0 radical (unpaired) electrons. The predicted octanol–water partition coefficient (Wildman–Crippen LogP) is 3.01. The predicted molar refractivity (Wildman–Crippen MR) is 102 cm³/mol. The first-order valence-corrected chi connectivity index (χ1v) is 10.3. The molecule has 0 bridgehead atoms. The van der Waals surface area contributed by atoms with Gasteiger partial charge in [0.15, 0.2) is 0 Å². The maximum absolute atomic E-state index is 13.3. The van der Waals surface area contributed by atoms with Crippen LogP contribution in [0.15, 0.2) is 5.10 Å². The lowest BCUT2D eigenvalue weighted by atomic mass is 9.80. The number of carbonyl (C=O) groups excluding carboxylic acids is 1. The van der Waals surface area contributed by atoms with E-state index in [4.69, 9.17) is 5.10 Å². The van der Waals surface area contributed by atoms with Crippen molar-refractivity contribution >= 4 is 11.9 Å². The summed E-state index contributed by atoms with van der Waals surface area (Å²) in [4.78, 5) is 16.9. The molecule has 0 aromatic heterocycles. The lowest BCUT2D eigenvalue weighted by Crippen LogP contribution is -2.61. The van der Waals surface area contributed by atoms with Crippen molar-refractivity contribution in [1.29, 1.82) is 5.26 Å². The third-order valence-electron chi connectivity index (χ3n) is 6.38. The molecule has 2 saturated carbocycles. The van der Waals surface area contributed by atoms with Crippen molar-refractivity contribution in [2.24, 2.45) is 16.9 Å². The van der Waals surface area contributed by atoms with Crippen LogP contribution in [0.2, 0.25) is 0 Å². The number of rotatable bonds is 3. The highest BCUT2D eigenvalue weighted by Crippen LogP contribution is 2.36. The summed E-state index contributed by atoms with van der Waals surface area (Å²) in [7, 11) is 5.63. The van der Waals surface area contributed by atoms with Gasteiger partial charge in [-0.25, -0.2) is 0 Å². The third-order valence-corrected chi connectivity index (χ3v) is 6.38. The molecule has 1 amide bonds. The van der Waals surface area contributed by atoms with E-state index in [2.05, 4.69) is 6.07 Å². The van der Waals surface area contributed by atoms with E-state index in [0.29, 0.717) is 17.8 Å². The number of likely N-dealkylation sites (N-methyl/N-ethyl adjacent to an activating group) is 1. The lowest BCUT2D eigenvalue weighted by molar-refractivity contribution is -0.139. The molecule has 0 N–H and O–H groups in total. The van der Waals surface area contributed by atoms with Gasteiger partial charge in [0.2, 0.25) is 5.96 Å². The Morgan fingerprint density at radius 2 is 1.65 bits per heavy atom. The van der Waals surface area contributed by atoms with E-state index >= 15 is 0 Å². The Labute approximate surface area is 157 Å². The van der Waals surface area contributed by atoms with E-state index in [1.807, 2.05) is 31.1 Å². The van der Waals surface area contributed by atoms with Crippen LogP contribution in [0.5, 0.6) is 0 Å². The summed E-state index contributed by atoms with van der Waals surface area (Å²) in [5.74, 6) is 1.37. The number of carbonyl (C=O) groups is 1. The fraction of sp³-hybridized carbons (Fsp3) is 0.850. The van der Waals surface area contributed by atoms with Crippen molar-refractivity contribution in [3.05, 3.63) is 0 Å². The summed E-state index contributed by atoms with van der Waals surface area (Å²) in [6.45, 7) is 0. The van der Waals surface area contributed by atoms with Gasteiger partial charge < -0.3 is 4.90 Å². The zero-order chi connectivity index (χ0) is 18.7. The average molecular weight is 360 g/mol. The Kier molecular flexibility index (Phi) is 6.05. The summed E-state index contributed by atoms with van der Waals surface area (Å²) in [5.41, 5.74) is 0. The second kappa shape index (κ2) is 8.28. The van der Waals surface area contributed by atoms with Crippen LogP contribution in [-0.4, -0.2) is 59.9 Å². The Balaban J connectivity index is 1.96. The van der Waals surface area contributed by atoms with Crippen LogP contribution in [0.25, 0.3) is 0 Å². The van der Waals surface area contributed by atoms with Crippen molar-refractivity contribution < 1.29 is 4.79 Å². The SMILES string of the molecule is CN(C)C1=NN(C(C#N)C2CCCCC2)C(C2CCCCC2)C(=O)N1C. The number of guanidine groups is 1. The number of amides is 1.